The van der Waals surface area contributed by atoms with Crippen molar-refractivity contribution in [3.63, 3.8) is 0 Å². The monoisotopic (exact) mass is 301 g/mol. The average molecular weight is 301 g/mol. The quantitative estimate of drug-likeness (QED) is 0.538. The number of allylic oxidation sites excluding steroid dienone is 2. The molecular formula is C22H23N. The molecule has 0 radical (unpaired) electrons. The van der Waals surface area contributed by atoms with Gasteiger partial charge in [0.2, 0.25) is 0 Å². The van der Waals surface area contributed by atoms with Gasteiger partial charge in [-0.2, -0.15) is 0 Å². The van der Waals surface area contributed by atoms with Gasteiger partial charge < -0.3 is 4.57 Å². The van der Waals surface area contributed by atoms with Gasteiger partial charge in [0.05, 0.1) is 5.69 Å². The van der Waals surface area contributed by atoms with Crippen molar-refractivity contribution < 1.29 is 0 Å². The molecule has 116 valence electrons. The molecule has 1 aliphatic carbocycles. The van der Waals surface area contributed by atoms with Crippen molar-refractivity contribution in [3.05, 3.63) is 65.9 Å². The molecule has 0 amide bonds. The number of para-hydroxylation sites is 1. The van der Waals surface area contributed by atoms with Crippen molar-refractivity contribution in [1.29, 1.82) is 0 Å². The van der Waals surface area contributed by atoms with Crippen LogP contribution in [0.25, 0.3) is 27.6 Å². The van der Waals surface area contributed by atoms with Crippen molar-refractivity contribution in [1.82, 2.24) is 4.57 Å². The fourth-order valence-electron chi connectivity index (χ4n) is 3.83. The van der Waals surface area contributed by atoms with E-state index in [1.54, 1.807) is 0 Å². The molecule has 0 atom stereocenters. The zero-order valence-electron chi connectivity index (χ0n) is 14.0. The van der Waals surface area contributed by atoms with Gasteiger partial charge in [-0.25, -0.2) is 0 Å². The third kappa shape index (κ3) is 2.41. The minimum absolute atomic E-state index is 1.20. The summed E-state index contributed by atoms with van der Waals surface area (Å²) >= 11 is 0. The molecule has 1 heteroatoms. The Morgan fingerprint density at radius 1 is 0.913 bits per heavy atom. The van der Waals surface area contributed by atoms with E-state index in [0.29, 0.717) is 0 Å². The van der Waals surface area contributed by atoms with Crippen molar-refractivity contribution in [2.24, 2.45) is 7.05 Å². The summed E-state index contributed by atoms with van der Waals surface area (Å²) in [5, 5.41) is 1.36. The Morgan fingerprint density at radius 3 is 2.43 bits per heavy atom. The average Bonchev–Trinajstić information content (AvgIpc) is 2.90. The SMILES string of the molecule is Cc1ccc(-c2c(C3=CCCCC3)n(C)c3ccccc23)cc1. The normalized spacial score (nSPS) is 15.0. The fraction of sp³-hybridized carbons (Fsp3) is 0.273. The van der Waals surface area contributed by atoms with E-state index in [2.05, 4.69) is 73.1 Å². The second-order valence-corrected chi connectivity index (χ2v) is 6.64. The number of aryl methyl sites for hydroxylation is 2. The number of nitrogens with zero attached hydrogens (tertiary/aromatic N) is 1. The van der Waals surface area contributed by atoms with Gasteiger partial charge in [0.1, 0.15) is 0 Å². The van der Waals surface area contributed by atoms with Gasteiger partial charge in [0, 0.05) is 23.5 Å². The van der Waals surface area contributed by atoms with E-state index < -0.39 is 0 Å². The summed E-state index contributed by atoms with van der Waals surface area (Å²) in [5.74, 6) is 0. The Balaban J connectivity index is 2.04. The summed E-state index contributed by atoms with van der Waals surface area (Å²) in [6, 6.07) is 17.8. The van der Waals surface area contributed by atoms with Crippen LogP contribution in [-0.2, 0) is 7.05 Å². The number of aromatic nitrogens is 1. The molecule has 0 saturated carbocycles. The van der Waals surface area contributed by atoms with Crippen LogP contribution >= 0.6 is 0 Å². The van der Waals surface area contributed by atoms with Crippen LogP contribution in [0, 0.1) is 6.92 Å². The van der Waals surface area contributed by atoms with Gasteiger partial charge in [0.25, 0.3) is 0 Å². The first-order chi connectivity index (χ1) is 11.3. The van der Waals surface area contributed by atoms with Crippen molar-refractivity contribution >= 4 is 16.5 Å². The molecule has 1 nitrogen and oxygen atoms in total. The maximum atomic E-state index is 2.45. The minimum atomic E-state index is 1.20. The molecule has 4 rings (SSSR count). The first-order valence-corrected chi connectivity index (χ1v) is 8.59. The summed E-state index contributed by atoms with van der Waals surface area (Å²) in [4.78, 5) is 0. The number of rotatable bonds is 2. The summed E-state index contributed by atoms with van der Waals surface area (Å²) in [7, 11) is 2.21. The Morgan fingerprint density at radius 2 is 1.70 bits per heavy atom. The summed E-state index contributed by atoms with van der Waals surface area (Å²) in [5.41, 5.74) is 8.29. The Labute approximate surface area is 138 Å². The maximum Gasteiger partial charge on any atom is 0.0524 e. The number of hydrogen-bond donors (Lipinski definition) is 0. The van der Waals surface area contributed by atoms with Gasteiger partial charge in [0.15, 0.2) is 0 Å². The number of fused-ring (bicyclic) bond motifs is 1. The maximum absolute atomic E-state index is 2.45. The lowest BCUT2D eigenvalue weighted by atomic mass is 9.92. The zero-order chi connectivity index (χ0) is 15.8. The van der Waals surface area contributed by atoms with Gasteiger partial charge in [-0.1, -0.05) is 54.1 Å². The lowest BCUT2D eigenvalue weighted by Gasteiger charge is -2.16. The highest BCUT2D eigenvalue weighted by molar-refractivity contribution is 6.02. The van der Waals surface area contributed by atoms with Crippen LogP contribution in [0.15, 0.2) is 54.6 Å². The lowest BCUT2D eigenvalue weighted by molar-refractivity contribution is 0.735. The highest BCUT2D eigenvalue weighted by atomic mass is 15.0. The standard InChI is InChI=1S/C22H23N/c1-16-12-14-17(15-13-16)21-19-10-6-7-11-20(19)23(2)22(21)18-8-4-3-5-9-18/h6-8,10-15H,3-5,9H2,1-2H3. The van der Waals surface area contributed by atoms with E-state index in [4.69, 9.17) is 0 Å². The predicted molar refractivity (Wildman–Crippen MR) is 99.5 cm³/mol. The molecule has 0 bridgehead atoms. The Hall–Kier alpha value is -2.28. The summed E-state index contributed by atoms with van der Waals surface area (Å²) in [6.07, 6.45) is 7.50. The lowest BCUT2D eigenvalue weighted by Crippen LogP contribution is -2.00. The van der Waals surface area contributed by atoms with Gasteiger partial charge in [-0.15, -0.1) is 0 Å². The fourth-order valence-corrected chi connectivity index (χ4v) is 3.83. The predicted octanol–water partition coefficient (Wildman–Crippen LogP) is 6.11. The minimum Gasteiger partial charge on any atom is -0.343 e. The van der Waals surface area contributed by atoms with Crippen LogP contribution < -0.4 is 0 Å². The van der Waals surface area contributed by atoms with Gasteiger partial charge in [-0.05, 0) is 49.8 Å². The molecular weight excluding hydrogens is 278 g/mol. The largest absolute Gasteiger partial charge is 0.343 e. The third-order valence-corrected chi connectivity index (χ3v) is 5.04. The second kappa shape index (κ2) is 5.73. The highest BCUT2D eigenvalue weighted by Crippen LogP contribution is 2.40. The molecule has 1 aliphatic rings. The summed E-state index contributed by atoms with van der Waals surface area (Å²) < 4.78 is 2.39. The van der Waals surface area contributed by atoms with E-state index in [0.717, 1.165) is 0 Å². The molecule has 1 aromatic heterocycles. The van der Waals surface area contributed by atoms with Crippen LogP contribution in [0.5, 0.6) is 0 Å². The molecule has 3 aromatic rings. The Kier molecular flexibility index (Phi) is 3.57. The van der Waals surface area contributed by atoms with E-state index in [-0.39, 0.29) is 0 Å². The molecule has 1 heterocycles. The molecule has 0 fully saturated rings. The highest BCUT2D eigenvalue weighted by Gasteiger charge is 2.20. The molecule has 0 spiro atoms. The first kappa shape index (κ1) is 14.3. The number of hydrogen-bond acceptors (Lipinski definition) is 0. The molecule has 0 N–H and O–H groups in total. The molecule has 0 saturated heterocycles. The van der Waals surface area contributed by atoms with Crippen LogP contribution in [-0.4, -0.2) is 4.57 Å². The molecule has 0 aliphatic heterocycles. The molecule has 2 aromatic carbocycles. The van der Waals surface area contributed by atoms with Crippen LogP contribution in [0.1, 0.15) is 36.9 Å². The van der Waals surface area contributed by atoms with Crippen LogP contribution in [0.4, 0.5) is 0 Å². The smallest absolute Gasteiger partial charge is 0.0524 e. The van der Waals surface area contributed by atoms with Crippen molar-refractivity contribution in [2.45, 2.75) is 32.6 Å². The Bertz CT molecular complexity index is 878. The molecule has 0 unspecified atom stereocenters. The van der Waals surface area contributed by atoms with E-state index in [1.165, 1.54) is 64.5 Å². The van der Waals surface area contributed by atoms with Crippen molar-refractivity contribution in [3.8, 4) is 11.1 Å². The topological polar surface area (TPSA) is 4.93 Å². The molecule has 23 heavy (non-hydrogen) atoms. The van der Waals surface area contributed by atoms with E-state index in [1.807, 2.05) is 0 Å². The number of benzene rings is 2. The van der Waals surface area contributed by atoms with Crippen LogP contribution in [0.3, 0.4) is 0 Å². The van der Waals surface area contributed by atoms with E-state index >= 15 is 0 Å². The van der Waals surface area contributed by atoms with E-state index in [9.17, 15) is 0 Å². The van der Waals surface area contributed by atoms with Gasteiger partial charge in [-0.3, -0.25) is 0 Å². The second-order valence-electron chi connectivity index (χ2n) is 6.64. The third-order valence-electron chi connectivity index (χ3n) is 5.04. The van der Waals surface area contributed by atoms with Gasteiger partial charge >= 0.3 is 0 Å². The summed E-state index contributed by atoms with van der Waals surface area (Å²) in [6.45, 7) is 2.15. The first-order valence-electron chi connectivity index (χ1n) is 8.59. The zero-order valence-corrected chi connectivity index (χ0v) is 14.0. The van der Waals surface area contributed by atoms with Crippen LogP contribution in [0.2, 0.25) is 0 Å². The van der Waals surface area contributed by atoms with Crippen molar-refractivity contribution in [2.75, 3.05) is 0 Å².